The fraction of sp³-hybridized carbons (Fsp3) is 0. The Bertz CT molecular complexity index is 57.2. The first-order valence-electron chi connectivity index (χ1n) is 1.03. The summed E-state index contributed by atoms with van der Waals surface area (Å²) in [5.41, 5.74) is 0. The first kappa shape index (κ1) is 6.95. The molecule has 0 saturated heterocycles. The standard InChI is InChI=1S/H2O6S/c1-4-6-7(3)5-2/h1-2H. The second kappa shape index (κ2) is 4.12. The van der Waals surface area contributed by atoms with Crippen molar-refractivity contribution >= 4 is 11.4 Å². The summed E-state index contributed by atoms with van der Waals surface area (Å²) >= 11 is -2.44. The van der Waals surface area contributed by atoms with Crippen LogP contribution in [0.4, 0.5) is 0 Å². The van der Waals surface area contributed by atoms with E-state index in [4.69, 9.17) is 10.5 Å². The molecule has 1 unspecified atom stereocenters. The first-order chi connectivity index (χ1) is 3.31. The van der Waals surface area contributed by atoms with Gasteiger partial charge in [0.2, 0.25) is 0 Å². The summed E-state index contributed by atoms with van der Waals surface area (Å²) in [7, 11) is 0. The largest absolute Gasteiger partial charge is 0.364 e. The van der Waals surface area contributed by atoms with Gasteiger partial charge in [-0.15, -0.1) is 4.33 Å². The fourth-order valence-corrected chi connectivity index (χ4v) is 0.112. The van der Waals surface area contributed by atoms with E-state index in [-0.39, 0.29) is 0 Å². The molecule has 0 aliphatic rings. The highest BCUT2D eigenvalue weighted by Gasteiger charge is 1.95. The van der Waals surface area contributed by atoms with Crippen molar-refractivity contribution in [1.82, 2.24) is 0 Å². The Labute approximate surface area is 40.9 Å². The van der Waals surface area contributed by atoms with E-state index in [1.165, 1.54) is 0 Å². The molecule has 2 N–H and O–H groups in total. The molecule has 0 saturated carbocycles. The molecule has 0 aliphatic carbocycles. The van der Waals surface area contributed by atoms with Gasteiger partial charge in [-0.3, -0.25) is 0 Å². The average molecular weight is 130 g/mol. The Hall–Kier alpha value is -0.0500. The van der Waals surface area contributed by atoms with Crippen molar-refractivity contribution in [2.75, 3.05) is 0 Å². The van der Waals surface area contributed by atoms with Gasteiger partial charge in [-0.2, -0.15) is 4.21 Å². The van der Waals surface area contributed by atoms with Crippen molar-refractivity contribution in [2.24, 2.45) is 0 Å². The van der Waals surface area contributed by atoms with Gasteiger partial charge in [-0.1, -0.05) is 9.37 Å². The topological polar surface area (TPSA) is 85.2 Å². The quantitative estimate of drug-likeness (QED) is 0.394. The van der Waals surface area contributed by atoms with Gasteiger partial charge in [-0.05, 0) is 0 Å². The van der Waals surface area contributed by atoms with Gasteiger partial charge in [0.1, 0.15) is 0 Å². The number of hydrogen-bond acceptors (Lipinski definition) is 6. The maximum absolute atomic E-state index is 9.54. The minimum absolute atomic E-state index is 2.44. The predicted molar refractivity (Wildman–Crippen MR) is 16.7 cm³/mol. The third-order valence-corrected chi connectivity index (χ3v) is 0.441. The third kappa shape index (κ3) is 3.79. The molecule has 0 bridgehead atoms. The van der Waals surface area contributed by atoms with E-state index in [0.717, 1.165) is 0 Å². The van der Waals surface area contributed by atoms with Crippen LogP contribution in [0.25, 0.3) is 0 Å². The Balaban J connectivity index is 3.00. The minimum atomic E-state index is -2.44. The molecule has 0 radical (unpaired) electrons. The van der Waals surface area contributed by atoms with Crippen LogP contribution in [0.15, 0.2) is 0 Å². The van der Waals surface area contributed by atoms with Crippen LogP contribution in [0, 0.1) is 0 Å². The minimum Gasteiger partial charge on any atom is -0.235 e. The Morgan fingerprint density at radius 1 is 1.43 bits per heavy atom. The zero-order valence-electron chi connectivity index (χ0n) is 2.94. The molecule has 0 spiro atoms. The van der Waals surface area contributed by atoms with Gasteiger partial charge in [-0.25, -0.2) is 10.5 Å². The molecule has 0 rings (SSSR count). The van der Waals surface area contributed by atoms with Crippen LogP contribution in [0.1, 0.15) is 0 Å². The van der Waals surface area contributed by atoms with Gasteiger partial charge >= 0.3 is 11.4 Å². The lowest BCUT2D eigenvalue weighted by atomic mass is 14.6. The second-order valence-electron chi connectivity index (χ2n) is 0.421. The summed E-state index contributed by atoms with van der Waals surface area (Å²) in [6, 6.07) is 0. The highest BCUT2D eigenvalue weighted by molar-refractivity contribution is 7.74. The van der Waals surface area contributed by atoms with Crippen LogP contribution in [0.2, 0.25) is 0 Å². The Kier molecular flexibility index (Phi) is 4.09. The van der Waals surface area contributed by atoms with Crippen LogP contribution in [-0.4, -0.2) is 14.7 Å². The zero-order valence-corrected chi connectivity index (χ0v) is 3.75. The van der Waals surface area contributed by atoms with Crippen LogP contribution in [-0.2, 0) is 25.1 Å². The zero-order chi connectivity index (χ0) is 5.70. The van der Waals surface area contributed by atoms with Crippen LogP contribution >= 0.6 is 0 Å². The molecule has 0 aromatic rings. The van der Waals surface area contributed by atoms with Gasteiger partial charge in [0, 0.05) is 0 Å². The van der Waals surface area contributed by atoms with Crippen molar-refractivity contribution in [1.29, 1.82) is 0 Å². The molecular formula is H2O6S. The molecule has 0 amide bonds. The van der Waals surface area contributed by atoms with Crippen molar-refractivity contribution in [3.8, 4) is 0 Å². The van der Waals surface area contributed by atoms with Crippen LogP contribution < -0.4 is 0 Å². The van der Waals surface area contributed by atoms with Gasteiger partial charge < -0.3 is 0 Å². The maximum atomic E-state index is 9.54. The molecule has 0 fully saturated rings. The van der Waals surface area contributed by atoms with E-state index in [2.05, 4.69) is 13.7 Å². The van der Waals surface area contributed by atoms with Gasteiger partial charge in [0.25, 0.3) is 0 Å². The third-order valence-electron chi connectivity index (χ3n) is 0.147. The molecule has 0 aliphatic heterocycles. The van der Waals surface area contributed by atoms with Crippen molar-refractivity contribution in [3.05, 3.63) is 0 Å². The summed E-state index contributed by atoms with van der Waals surface area (Å²) < 4.78 is 15.7. The second-order valence-corrected chi connectivity index (χ2v) is 1.11. The van der Waals surface area contributed by atoms with E-state index in [1.807, 2.05) is 0 Å². The molecule has 0 aromatic carbocycles. The highest BCUT2D eigenvalue weighted by Crippen LogP contribution is 1.81. The van der Waals surface area contributed by atoms with E-state index in [0.29, 0.717) is 0 Å². The van der Waals surface area contributed by atoms with Crippen LogP contribution in [0.3, 0.4) is 0 Å². The van der Waals surface area contributed by atoms with Crippen LogP contribution in [0.5, 0.6) is 0 Å². The summed E-state index contributed by atoms with van der Waals surface area (Å²) in [5, 5.41) is 17.4. The lowest BCUT2D eigenvalue weighted by Crippen LogP contribution is -1.96. The predicted octanol–water partition coefficient (Wildman–Crippen LogP) is -0.524. The number of rotatable bonds is 3. The normalized spacial score (nSPS) is 14.0. The summed E-state index contributed by atoms with van der Waals surface area (Å²) in [6.45, 7) is 0. The SMILES string of the molecule is O=S(OO)OOO. The molecule has 7 heavy (non-hydrogen) atoms. The fourth-order valence-electron chi connectivity index (χ4n) is 0.0373. The Morgan fingerprint density at radius 3 is 2.14 bits per heavy atom. The number of hydrogen-bond donors (Lipinski definition) is 2. The van der Waals surface area contributed by atoms with Crippen molar-refractivity contribution < 1.29 is 28.4 Å². The lowest BCUT2D eigenvalue weighted by molar-refractivity contribution is -0.440. The smallest absolute Gasteiger partial charge is 0.235 e. The monoisotopic (exact) mass is 130 g/mol. The Morgan fingerprint density at radius 2 is 2.00 bits per heavy atom. The van der Waals surface area contributed by atoms with E-state index >= 15 is 0 Å². The van der Waals surface area contributed by atoms with E-state index in [9.17, 15) is 4.21 Å². The molecular weight excluding hydrogens is 128 g/mol. The molecule has 6 nitrogen and oxygen atoms in total. The van der Waals surface area contributed by atoms with E-state index < -0.39 is 11.4 Å². The van der Waals surface area contributed by atoms with Crippen molar-refractivity contribution in [3.63, 3.8) is 0 Å². The van der Waals surface area contributed by atoms with Gasteiger partial charge in [0.05, 0.1) is 0 Å². The van der Waals surface area contributed by atoms with E-state index in [1.54, 1.807) is 0 Å². The highest BCUT2D eigenvalue weighted by atomic mass is 32.2. The van der Waals surface area contributed by atoms with Crippen molar-refractivity contribution in [2.45, 2.75) is 0 Å². The van der Waals surface area contributed by atoms with Gasteiger partial charge in [0.15, 0.2) is 0 Å². The first-order valence-corrected chi connectivity index (χ1v) is 2.03. The molecule has 0 aromatic heterocycles. The molecule has 44 valence electrons. The molecule has 7 heteroatoms. The molecule has 1 atom stereocenters. The molecule has 0 heterocycles. The lowest BCUT2D eigenvalue weighted by Gasteiger charge is -1.86. The maximum Gasteiger partial charge on any atom is 0.364 e. The summed E-state index contributed by atoms with van der Waals surface area (Å²) in [4.78, 5) is 0. The summed E-state index contributed by atoms with van der Waals surface area (Å²) in [6.07, 6.45) is 0. The summed E-state index contributed by atoms with van der Waals surface area (Å²) in [5.74, 6) is 0. The average Bonchev–Trinajstić information content (AvgIpc) is 1.68.